The number of nitrogens with zero attached hydrogens (tertiary/aromatic N) is 1. The number of carbonyl (C=O) groups excluding carboxylic acids is 1. The molecular weight excluding hydrogens is 264 g/mol. The van der Waals surface area contributed by atoms with Gasteiger partial charge in [-0.3, -0.25) is 4.79 Å². The van der Waals surface area contributed by atoms with E-state index in [1.54, 1.807) is 17.0 Å². The van der Waals surface area contributed by atoms with Gasteiger partial charge in [0.05, 0.1) is 19.1 Å². The third kappa shape index (κ3) is 4.49. The van der Waals surface area contributed by atoms with Crippen molar-refractivity contribution in [3.05, 3.63) is 34.9 Å². The molecule has 0 bridgehead atoms. The Morgan fingerprint density at radius 3 is 2.84 bits per heavy atom. The largest absolute Gasteiger partial charge is 0.374 e. The number of hydrogen-bond acceptors (Lipinski definition) is 3. The summed E-state index contributed by atoms with van der Waals surface area (Å²) in [7, 11) is 1.82. The fourth-order valence-corrected chi connectivity index (χ4v) is 2.18. The number of benzene rings is 1. The second kappa shape index (κ2) is 6.89. The first-order valence-electron chi connectivity index (χ1n) is 6.46. The average Bonchev–Trinajstić information content (AvgIpc) is 2.42. The first-order valence-corrected chi connectivity index (χ1v) is 6.83. The Hall–Kier alpha value is -1.10. The molecule has 19 heavy (non-hydrogen) atoms. The molecule has 1 N–H and O–H groups in total. The summed E-state index contributed by atoms with van der Waals surface area (Å²) in [6, 6.07) is 7.37. The van der Waals surface area contributed by atoms with Crippen molar-refractivity contribution in [2.45, 2.75) is 12.5 Å². The van der Waals surface area contributed by atoms with Gasteiger partial charge in [-0.2, -0.15) is 0 Å². The van der Waals surface area contributed by atoms with Gasteiger partial charge in [-0.15, -0.1) is 0 Å². The SMILES string of the molecule is CN(CC1CNCCO1)C(=O)Cc1ccc(Cl)cc1. The van der Waals surface area contributed by atoms with E-state index in [4.69, 9.17) is 16.3 Å². The van der Waals surface area contributed by atoms with E-state index in [-0.39, 0.29) is 12.0 Å². The predicted octanol–water partition coefficient (Wildman–Crippen LogP) is 1.33. The molecule has 0 saturated carbocycles. The molecule has 1 heterocycles. The van der Waals surface area contributed by atoms with Crippen LogP contribution in [0.3, 0.4) is 0 Å². The van der Waals surface area contributed by atoms with Crippen molar-refractivity contribution in [1.29, 1.82) is 0 Å². The van der Waals surface area contributed by atoms with E-state index < -0.39 is 0 Å². The molecule has 5 heteroatoms. The van der Waals surface area contributed by atoms with E-state index >= 15 is 0 Å². The van der Waals surface area contributed by atoms with E-state index in [2.05, 4.69) is 5.32 Å². The summed E-state index contributed by atoms with van der Waals surface area (Å²) >= 11 is 5.82. The minimum absolute atomic E-state index is 0.0907. The predicted molar refractivity (Wildman–Crippen MR) is 75.4 cm³/mol. The molecule has 1 aliphatic rings. The van der Waals surface area contributed by atoms with E-state index in [0.29, 0.717) is 24.6 Å². The molecule has 0 aliphatic carbocycles. The summed E-state index contributed by atoms with van der Waals surface area (Å²) in [6.07, 6.45) is 0.487. The van der Waals surface area contributed by atoms with Gasteiger partial charge in [0.15, 0.2) is 0 Å². The number of ether oxygens (including phenoxy) is 1. The number of halogens is 1. The Labute approximate surface area is 118 Å². The zero-order valence-electron chi connectivity index (χ0n) is 11.1. The molecule has 1 amide bonds. The van der Waals surface area contributed by atoms with Gasteiger partial charge in [0, 0.05) is 31.7 Å². The molecule has 1 aromatic rings. The van der Waals surface area contributed by atoms with Gasteiger partial charge in [-0.1, -0.05) is 23.7 Å². The highest BCUT2D eigenvalue weighted by molar-refractivity contribution is 6.30. The summed E-state index contributed by atoms with van der Waals surface area (Å²) in [6.45, 7) is 3.03. The van der Waals surface area contributed by atoms with E-state index in [9.17, 15) is 4.79 Å². The van der Waals surface area contributed by atoms with Crippen LogP contribution in [0.1, 0.15) is 5.56 Å². The van der Waals surface area contributed by atoms with Gasteiger partial charge in [-0.05, 0) is 17.7 Å². The van der Waals surface area contributed by atoms with E-state index in [0.717, 1.165) is 18.7 Å². The average molecular weight is 283 g/mol. The van der Waals surface area contributed by atoms with Crippen molar-refractivity contribution in [3.8, 4) is 0 Å². The molecule has 2 rings (SSSR count). The van der Waals surface area contributed by atoms with Crippen LogP contribution in [0, 0.1) is 0 Å². The van der Waals surface area contributed by atoms with E-state index in [1.807, 2.05) is 19.2 Å². The van der Waals surface area contributed by atoms with Gasteiger partial charge in [-0.25, -0.2) is 0 Å². The molecule has 1 aromatic carbocycles. The number of carbonyl (C=O) groups is 1. The molecule has 0 radical (unpaired) electrons. The van der Waals surface area contributed by atoms with Crippen molar-refractivity contribution >= 4 is 17.5 Å². The molecule has 4 nitrogen and oxygen atoms in total. The molecule has 0 spiro atoms. The zero-order chi connectivity index (χ0) is 13.7. The van der Waals surface area contributed by atoms with Gasteiger partial charge in [0.2, 0.25) is 5.91 Å². The van der Waals surface area contributed by atoms with Crippen molar-refractivity contribution in [2.24, 2.45) is 0 Å². The lowest BCUT2D eigenvalue weighted by molar-refractivity contribution is -0.131. The number of morpholine rings is 1. The lowest BCUT2D eigenvalue weighted by atomic mass is 10.1. The maximum absolute atomic E-state index is 12.1. The molecule has 104 valence electrons. The normalized spacial score (nSPS) is 19.2. The first kappa shape index (κ1) is 14.3. The number of rotatable bonds is 4. The Morgan fingerprint density at radius 1 is 1.47 bits per heavy atom. The van der Waals surface area contributed by atoms with Crippen LogP contribution in [0.2, 0.25) is 5.02 Å². The zero-order valence-corrected chi connectivity index (χ0v) is 11.8. The summed E-state index contributed by atoms with van der Waals surface area (Å²) in [5.41, 5.74) is 0.976. The molecule has 1 unspecified atom stereocenters. The maximum atomic E-state index is 12.1. The maximum Gasteiger partial charge on any atom is 0.226 e. The van der Waals surface area contributed by atoms with Crippen LogP contribution in [0.5, 0.6) is 0 Å². The van der Waals surface area contributed by atoms with Crippen LogP contribution in [0.15, 0.2) is 24.3 Å². The molecular formula is C14H19ClN2O2. The van der Waals surface area contributed by atoms with Crippen LogP contribution >= 0.6 is 11.6 Å². The second-order valence-corrected chi connectivity index (χ2v) is 5.21. The second-order valence-electron chi connectivity index (χ2n) is 4.77. The highest BCUT2D eigenvalue weighted by atomic mass is 35.5. The Morgan fingerprint density at radius 2 is 2.21 bits per heavy atom. The standard InChI is InChI=1S/C14H19ClN2O2/c1-17(10-13-9-16-6-7-19-13)14(18)8-11-2-4-12(15)5-3-11/h2-5,13,16H,6-10H2,1H3. The van der Waals surface area contributed by atoms with Crippen molar-refractivity contribution in [1.82, 2.24) is 10.2 Å². The lowest BCUT2D eigenvalue weighted by Gasteiger charge is -2.28. The number of amides is 1. The van der Waals surface area contributed by atoms with Crippen LogP contribution in [-0.4, -0.2) is 50.2 Å². The molecule has 1 atom stereocenters. The Bertz CT molecular complexity index is 416. The number of hydrogen-bond donors (Lipinski definition) is 1. The molecule has 1 saturated heterocycles. The fraction of sp³-hybridized carbons (Fsp3) is 0.500. The summed E-state index contributed by atoms with van der Waals surface area (Å²) in [4.78, 5) is 13.8. The smallest absolute Gasteiger partial charge is 0.226 e. The van der Waals surface area contributed by atoms with Gasteiger partial charge in [0.25, 0.3) is 0 Å². The summed E-state index contributed by atoms with van der Waals surface area (Å²) < 4.78 is 5.59. The topological polar surface area (TPSA) is 41.6 Å². The van der Waals surface area contributed by atoms with Crippen molar-refractivity contribution in [2.75, 3.05) is 33.3 Å². The van der Waals surface area contributed by atoms with Crippen LogP contribution < -0.4 is 5.32 Å². The molecule has 1 fully saturated rings. The first-order chi connectivity index (χ1) is 9.15. The highest BCUT2D eigenvalue weighted by Crippen LogP contribution is 2.11. The Balaban J connectivity index is 1.83. The quantitative estimate of drug-likeness (QED) is 0.906. The van der Waals surface area contributed by atoms with Crippen molar-refractivity contribution < 1.29 is 9.53 Å². The Kier molecular flexibility index (Phi) is 5.19. The van der Waals surface area contributed by atoms with Gasteiger partial charge >= 0.3 is 0 Å². The number of likely N-dealkylation sites (N-methyl/N-ethyl adjacent to an activating group) is 1. The highest BCUT2D eigenvalue weighted by Gasteiger charge is 2.18. The van der Waals surface area contributed by atoms with Gasteiger partial charge < -0.3 is 15.0 Å². The monoisotopic (exact) mass is 282 g/mol. The lowest BCUT2D eigenvalue weighted by Crippen LogP contribution is -2.46. The number of nitrogens with one attached hydrogen (secondary N) is 1. The van der Waals surface area contributed by atoms with Crippen LogP contribution in [-0.2, 0) is 16.0 Å². The minimum atomic E-state index is 0.0907. The van der Waals surface area contributed by atoms with Gasteiger partial charge in [0.1, 0.15) is 0 Å². The molecule has 0 aromatic heterocycles. The van der Waals surface area contributed by atoms with Crippen LogP contribution in [0.4, 0.5) is 0 Å². The fourth-order valence-electron chi connectivity index (χ4n) is 2.06. The summed E-state index contributed by atoms with van der Waals surface area (Å²) in [5, 5.41) is 3.94. The third-order valence-corrected chi connectivity index (χ3v) is 3.43. The molecule has 1 aliphatic heterocycles. The van der Waals surface area contributed by atoms with Crippen molar-refractivity contribution in [3.63, 3.8) is 0 Å². The third-order valence-electron chi connectivity index (χ3n) is 3.18. The van der Waals surface area contributed by atoms with Crippen LogP contribution in [0.25, 0.3) is 0 Å². The minimum Gasteiger partial charge on any atom is -0.374 e. The summed E-state index contributed by atoms with van der Waals surface area (Å²) in [5.74, 6) is 0.0940. The van der Waals surface area contributed by atoms with E-state index in [1.165, 1.54) is 0 Å².